The number of carbonyl (C=O) groups excluding carboxylic acids is 1. The van der Waals surface area contributed by atoms with Gasteiger partial charge in [0.05, 0.1) is 18.9 Å². The van der Waals surface area contributed by atoms with Gasteiger partial charge in [-0.25, -0.2) is 4.39 Å². The monoisotopic (exact) mass is 377 g/mol. The highest BCUT2D eigenvalue weighted by Gasteiger charge is 2.09. The van der Waals surface area contributed by atoms with Crippen LogP contribution in [0.15, 0.2) is 48.5 Å². The molecule has 0 bridgehead atoms. The van der Waals surface area contributed by atoms with Gasteiger partial charge in [-0.1, -0.05) is 12.1 Å². The van der Waals surface area contributed by atoms with Gasteiger partial charge in [-0.2, -0.15) is 0 Å². The van der Waals surface area contributed by atoms with Crippen LogP contribution in [-0.2, 0) is 4.79 Å². The normalized spacial score (nSPS) is 11.7. The van der Waals surface area contributed by atoms with Crippen LogP contribution in [0.25, 0.3) is 0 Å². The molecule has 2 rings (SSSR count). The molecule has 6 heteroatoms. The first-order chi connectivity index (χ1) is 12.6. The quantitative estimate of drug-likeness (QED) is 0.630. The Morgan fingerprint density at radius 3 is 2.31 bits per heavy atom. The zero-order valence-corrected chi connectivity index (χ0v) is 15.9. The number of hydrogen-bond donors (Lipinski definition) is 1. The average molecular weight is 377 g/mol. The van der Waals surface area contributed by atoms with E-state index in [-0.39, 0.29) is 17.0 Å². The minimum absolute atomic E-state index is 0.0424. The molecule has 26 heavy (non-hydrogen) atoms. The predicted molar refractivity (Wildman–Crippen MR) is 103 cm³/mol. The molecule has 0 saturated carbocycles. The summed E-state index contributed by atoms with van der Waals surface area (Å²) < 4.78 is 23.9. The smallest absolute Gasteiger partial charge is 0.230 e. The van der Waals surface area contributed by atoms with E-state index in [1.807, 2.05) is 38.1 Å². The van der Waals surface area contributed by atoms with Gasteiger partial charge in [0, 0.05) is 5.25 Å². The number of ether oxygens (including phenoxy) is 2. The lowest BCUT2D eigenvalue weighted by molar-refractivity contribution is -0.118. The van der Waals surface area contributed by atoms with E-state index >= 15 is 0 Å². The van der Waals surface area contributed by atoms with E-state index in [0.717, 1.165) is 17.1 Å². The number of benzene rings is 2. The van der Waals surface area contributed by atoms with Crippen LogP contribution < -0.4 is 14.8 Å². The number of thioether (sulfide) groups is 1. The van der Waals surface area contributed by atoms with E-state index in [9.17, 15) is 9.18 Å². The van der Waals surface area contributed by atoms with Crippen LogP contribution >= 0.6 is 11.8 Å². The summed E-state index contributed by atoms with van der Waals surface area (Å²) in [6.45, 7) is 5.41. The zero-order chi connectivity index (χ0) is 18.8. The lowest BCUT2D eigenvalue weighted by Crippen LogP contribution is -2.29. The SMILES string of the molecule is CCOc1ccc(OCCNC(=O)CSC(C)c2ccc(F)cc2)cc1. The van der Waals surface area contributed by atoms with Crippen molar-refractivity contribution in [2.24, 2.45) is 0 Å². The van der Waals surface area contributed by atoms with Crippen molar-refractivity contribution in [2.75, 3.05) is 25.5 Å². The topological polar surface area (TPSA) is 47.6 Å². The van der Waals surface area contributed by atoms with Crippen LogP contribution in [0.2, 0.25) is 0 Å². The van der Waals surface area contributed by atoms with Gasteiger partial charge in [-0.3, -0.25) is 4.79 Å². The van der Waals surface area contributed by atoms with Crippen molar-refractivity contribution >= 4 is 17.7 Å². The van der Waals surface area contributed by atoms with Crippen molar-refractivity contribution in [1.82, 2.24) is 5.32 Å². The summed E-state index contributed by atoms with van der Waals surface area (Å²) in [4.78, 5) is 11.9. The summed E-state index contributed by atoms with van der Waals surface area (Å²) in [5.74, 6) is 1.60. The maximum atomic E-state index is 12.9. The van der Waals surface area contributed by atoms with Crippen molar-refractivity contribution in [1.29, 1.82) is 0 Å². The fourth-order valence-corrected chi connectivity index (χ4v) is 3.09. The number of hydrogen-bond acceptors (Lipinski definition) is 4. The van der Waals surface area contributed by atoms with Crippen molar-refractivity contribution in [3.8, 4) is 11.5 Å². The molecule has 0 aliphatic heterocycles. The van der Waals surface area contributed by atoms with E-state index in [4.69, 9.17) is 9.47 Å². The van der Waals surface area contributed by atoms with Gasteiger partial charge in [0.2, 0.25) is 5.91 Å². The van der Waals surface area contributed by atoms with Crippen LogP contribution in [-0.4, -0.2) is 31.4 Å². The standard InChI is InChI=1S/C20H24FNO3S/c1-3-24-18-8-10-19(11-9-18)25-13-12-22-20(23)14-26-15(2)16-4-6-17(21)7-5-16/h4-11,15H,3,12-14H2,1-2H3,(H,22,23). The van der Waals surface area contributed by atoms with Gasteiger partial charge in [-0.15, -0.1) is 11.8 Å². The van der Waals surface area contributed by atoms with Crippen LogP contribution in [0.3, 0.4) is 0 Å². The Balaban J connectivity index is 1.62. The van der Waals surface area contributed by atoms with Crippen molar-refractivity contribution in [3.05, 3.63) is 59.9 Å². The lowest BCUT2D eigenvalue weighted by Gasteiger charge is -2.12. The summed E-state index contributed by atoms with van der Waals surface area (Å²) in [5.41, 5.74) is 1.00. The molecule has 0 fully saturated rings. The molecule has 1 unspecified atom stereocenters. The summed E-state index contributed by atoms with van der Waals surface area (Å²) >= 11 is 1.51. The predicted octanol–water partition coefficient (Wildman–Crippen LogP) is 4.21. The van der Waals surface area contributed by atoms with Crippen LogP contribution in [0, 0.1) is 5.82 Å². The fraction of sp³-hybridized carbons (Fsp3) is 0.350. The van der Waals surface area contributed by atoms with Gasteiger partial charge in [0.25, 0.3) is 0 Å². The van der Waals surface area contributed by atoms with Gasteiger partial charge in [-0.05, 0) is 55.8 Å². The van der Waals surface area contributed by atoms with E-state index in [1.165, 1.54) is 23.9 Å². The third-order valence-electron chi connectivity index (χ3n) is 3.63. The molecular formula is C20H24FNO3S. The van der Waals surface area contributed by atoms with Crippen molar-refractivity contribution in [3.63, 3.8) is 0 Å². The molecule has 1 N–H and O–H groups in total. The van der Waals surface area contributed by atoms with Gasteiger partial charge in [0.1, 0.15) is 23.9 Å². The second-order valence-corrected chi connectivity index (χ2v) is 6.94. The minimum Gasteiger partial charge on any atom is -0.494 e. The Labute approximate surface area is 158 Å². The Kier molecular flexibility index (Phi) is 8.28. The second-order valence-electron chi connectivity index (χ2n) is 5.61. The van der Waals surface area contributed by atoms with Crippen molar-refractivity contribution < 1.29 is 18.7 Å². The number of carbonyl (C=O) groups is 1. The lowest BCUT2D eigenvalue weighted by atomic mass is 10.2. The highest BCUT2D eigenvalue weighted by Crippen LogP contribution is 2.27. The Morgan fingerprint density at radius 2 is 1.69 bits per heavy atom. The molecule has 0 aliphatic rings. The summed E-state index contributed by atoms with van der Waals surface area (Å²) in [6.07, 6.45) is 0. The molecular weight excluding hydrogens is 353 g/mol. The maximum Gasteiger partial charge on any atom is 0.230 e. The second kappa shape index (κ2) is 10.7. The molecule has 0 aromatic heterocycles. The largest absolute Gasteiger partial charge is 0.494 e. The summed E-state index contributed by atoms with van der Waals surface area (Å²) in [5, 5.41) is 2.96. The number of halogens is 1. The molecule has 0 spiro atoms. The number of rotatable bonds is 10. The summed E-state index contributed by atoms with van der Waals surface area (Å²) in [6, 6.07) is 13.7. The molecule has 1 atom stereocenters. The first-order valence-corrected chi connectivity index (χ1v) is 9.62. The van der Waals surface area contributed by atoms with E-state index in [1.54, 1.807) is 12.1 Å². The highest BCUT2D eigenvalue weighted by molar-refractivity contribution is 8.00. The maximum absolute atomic E-state index is 12.9. The molecule has 0 radical (unpaired) electrons. The fourth-order valence-electron chi connectivity index (χ4n) is 2.24. The first kappa shape index (κ1) is 20.1. The summed E-state index contributed by atoms with van der Waals surface area (Å²) in [7, 11) is 0. The van der Waals surface area contributed by atoms with E-state index in [0.29, 0.717) is 25.5 Å². The van der Waals surface area contributed by atoms with E-state index in [2.05, 4.69) is 5.32 Å². The minimum atomic E-state index is -0.253. The average Bonchev–Trinajstić information content (AvgIpc) is 2.65. The molecule has 0 heterocycles. The number of nitrogens with one attached hydrogen (secondary N) is 1. The molecule has 0 saturated heterocycles. The van der Waals surface area contributed by atoms with Crippen molar-refractivity contribution in [2.45, 2.75) is 19.1 Å². The van der Waals surface area contributed by atoms with Gasteiger partial charge >= 0.3 is 0 Å². The van der Waals surface area contributed by atoms with E-state index < -0.39 is 0 Å². The van der Waals surface area contributed by atoms with Crippen LogP contribution in [0.5, 0.6) is 11.5 Å². The number of amides is 1. The molecule has 1 amide bonds. The molecule has 2 aromatic carbocycles. The third kappa shape index (κ3) is 6.96. The molecule has 140 valence electrons. The Hall–Kier alpha value is -2.21. The Morgan fingerprint density at radius 1 is 1.08 bits per heavy atom. The first-order valence-electron chi connectivity index (χ1n) is 8.58. The van der Waals surface area contributed by atoms with Crippen LogP contribution in [0.4, 0.5) is 4.39 Å². The zero-order valence-electron chi connectivity index (χ0n) is 15.0. The highest BCUT2D eigenvalue weighted by atomic mass is 32.2. The van der Waals surface area contributed by atoms with Gasteiger partial charge < -0.3 is 14.8 Å². The Bertz CT molecular complexity index is 676. The van der Waals surface area contributed by atoms with Crippen LogP contribution in [0.1, 0.15) is 24.7 Å². The molecule has 2 aromatic rings. The van der Waals surface area contributed by atoms with Gasteiger partial charge in [0.15, 0.2) is 0 Å². The molecule has 0 aliphatic carbocycles. The third-order valence-corrected chi connectivity index (χ3v) is 4.83. The molecule has 4 nitrogen and oxygen atoms in total.